The minimum absolute atomic E-state index is 0.360. The van der Waals surface area contributed by atoms with Crippen molar-refractivity contribution in [1.29, 1.82) is 0 Å². The average Bonchev–Trinajstić information content (AvgIpc) is 2.81. The summed E-state index contributed by atoms with van der Waals surface area (Å²) < 4.78 is 6.71. The van der Waals surface area contributed by atoms with E-state index in [-0.39, 0.29) is 0 Å². The Hall–Kier alpha value is -3.24. The lowest BCUT2D eigenvalue weighted by molar-refractivity contribution is -0.146. The highest BCUT2D eigenvalue weighted by atomic mass is 127. The zero-order valence-corrected chi connectivity index (χ0v) is 20.4. The first-order valence-corrected chi connectivity index (χ1v) is 11.3. The molecule has 0 saturated carbocycles. The monoisotopic (exact) mass is 557 g/mol. The van der Waals surface area contributed by atoms with Gasteiger partial charge in [0.05, 0.1) is 0 Å². The number of rotatable bonds is 8. The van der Waals surface area contributed by atoms with Crippen LogP contribution in [0.15, 0.2) is 78.9 Å². The van der Waals surface area contributed by atoms with Crippen molar-refractivity contribution in [3.8, 4) is 0 Å². The lowest BCUT2D eigenvalue weighted by Crippen LogP contribution is -2.57. The van der Waals surface area contributed by atoms with E-state index in [4.69, 9.17) is 4.74 Å². The quantitative estimate of drug-likeness (QED) is 0.284. The van der Waals surface area contributed by atoms with Gasteiger partial charge in [0, 0.05) is 20.5 Å². The molecular formula is C25H24IN3O4. The lowest BCUT2D eigenvalue weighted by atomic mass is 10.1. The van der Waals surface area contributed by atoms with E-state index in [2.05, 4.69) is 38.5 Å². The molecule has 0 aliphatic heterocycles. The van der Waals surface area contributed by atoms with E-state index in [1.165, 1.54) is 6.92 Å². The Morgan fingerprint density at radius 3 is 2.06 bits per heavy atom. The van der Waals surface area contributed by atoms with Gasteiger partial charge in [0.1, 0.15) is 6.61 Å². The molecule has 3 N–H and O–H groups in total. The fraction of sp³-hybridized carbons (Fsp3) is 0.160. The van der Waals surface area contributed by atoms with E-state index >= 15 is 0 Å². The number of anilines is 2. The second kappa shape index (κ2) is 11.1. The van der Waals surface area contributed by atoms with Gasteiger partial charge in [0.25, 0.3) is 17.7 Å². The minimum atomic E-state index is -1.80. The number of amides is 3. The summed E-state index contributed by atoms with van der Waals surface area (Å²) in [6.07, 6.45) is 0. The minimum Gasteiger partial charge on any atom is -0.337 e. The summed E-state index contributed by atoms with van der Waals surface area (Å²) >= 11 is 2.17. The van der Waals surface area contributed by atoms with Crippen LogP contribution in [-0.4, -0.2) is 30.1 Å². The van der Waals surface area contributed by atoms with E-state index in [1.54, 1.807) is 54.6 Å². The number of carbonyl (C=O) groups is 3. The van der Waals surface area contributed by atoms with Gasteiger partial charge in [-0.05, 0) is 85.0 Å². The standard InChI is InChI=1S/C25H24IN3O4/c1-17-8-12-21(13-9-17)28-24(32)25(2,29-23(31)18-6-4-3-5-7-18)33-16-22(30)27-20-14-10-19(26)11-15-20/h3-15H,16H2,1-2H3,(H,27,30)(H,28,32)(H,29,31)/t25-/m1/s1. The van der Waals surface area contributed by atoms with Crippen molar-refractivity contribution in [1.82, 2.24) is 5.32 Å². The normalized spacial score (nSPS) is 12.3. The van der Waals surface area contributed by atoms with Gasteiger partial charge in [0.2, 0.25) is 5.72 Å². The molecule has 0 aromatic heterocycles. The zero-order chi connectivity index (χ0) is 23.8. The molecular weight excluding hydrogens is 533 g/mol. The van der Waals surface area contributed by atoms with Gasteiger partial charge in [-0.1, -0.05) is 35.9 Å². The number of nitrogens with one attached hydrogen (secondary N) is 3. The first-order chi connectivity index (χ1) is 15.7. The van der Waals surface area contributed by atoms with Crippen molar-refractivity contribution in [2.24, 2.45) is 0 Å². The molecule has 8 heteroatoms. The Balaban J connectivity index is 1.73. The summed E-state index contributed by atoms with van der Waals surface area (Å²) in [5.74, 6) is -1.58. The molecule has 0 spiro atoms. The first kappa shape index (κ1) is 24.4. The van der Waals surface area contributed by atoms with Crippen LogP contribution in [0.4, 0.5) is 11.4 Å². The van der Waals surface area contributed by atoms with E-state index in [9.17, 15) is 14.4 Å². The maximum absolute atomic E-state index is 13.1. The molecule has 1 atom stereocenters. The summed E-state index contributed by atoms with van der Waals surface area (Å²) in [6.45, 7) is 2.90. The van der Waals surface area contributed by atoms with Gasteiger partial charge < -0.3 is 20.7 Å². The molecule has 7 nitrogen and oxygen atoms in total. The molecule has 0 unspecified atom stereocenters. The third-order valence-corrected chi connectivity index (χ3v) is 5.47. The van der Waals surface area contributed by atoms with Gasteiger partial charge in [-0.2, -0.15) is 0 Å². The molecule has 3 amide bonds. The van der Waals surface area contributed by atoms with Crippen molar-refractivity contribution < 1.29 is 19.1 Å². The van der Waals surface area contributed by atoms with Gasteiger partial charge in [-0.3, -0.25) is 14.4 Å². The summed E-state index contributed by atoms with van der Waals surface area (Å²) in [5, 5.41) is 8.06. The molecule has 3 aromatic carbocycles. The number of ether oxygens (including phenoxy) is 1. The second-order valence-electron chi connectivity index (χ2n) is 7.52. The third-order valence-electron chi connectivity index (χ3n) is 4.75. The molecule has 0 fully saturated rings. The van der Waals surface area contributed by atoms with Crippen LogP contribution in [0.1, 0.15) is 22.8 Å². The van der Waals surface area contributed by atoms with Crippen LogP contribution in [0.2, 0.25) is 0 Å². The summed E-state index contributed by atoms with van der Waals surface area (Å²) in [6, 6.07) is 22.9. The largest absolute Gasteiger partial charge is 0.337 e. The highest BCUT2D eigenvalue weighted by Crippen LogP contribution is 2.16. The van der Waals surface area contributed by atoms with Crippen LogP contribution in [0, 0.1) is 10.5 Å². The summed E-state index contributed by atoms with van der Waals surface area (Å²) in [5.41, 5.74) is 0.734. The molecule has 33 heavy (non-hydrogen) atoms. The Morgan fingerprint density at radius 1 is 0.848 bits per heavy atom. The number of aryl methyl sites for hydroxylation is 1. The fourth-order valence-corrected chi connectivity index (χ4v) is 3.22. The first-order valence-electron chi connectivity index (χ1n) is 10.2. The highest BCUT2D eigenvalue weighted by Gasteiger charge is 2.37. The van der Waals surface area contributed by atoms with Gasteiger partial charge in [0.15, 0.2) is 0 Å². The molecule has 0 heterocycles. The molecule has 3 rings (SSSR count). The lowest BCUT2D eigenvalue weighted by Gasteiger charge is -2.29. The number of hydrogen-bond donors (Lipinski definition) is 3. The molecule has 3 aromatic rings. The average molecular weight is 557 g/mol. The predicted molar refractivity (Wildman–Crippen MR) is 136 cm³/mol. The maximum atomic E-state index is 13.1. The zero-order valence-electron chi connectivity index (χ0n) is 18.2. The Morgan fingerprint density at radius 2 is 1.42 bits per heavy atom. The van der Waals surface area contributed by atoms with Crippen molar-refractivity contribution in [3.63, 3.8) is 0 Å². The Bertz CT molecular complexity index is 1120. The van der Waals surface area contributed by atoms with Gasteiger partial charge >= 0.3 is 0 Å². The van der Waals surface area contributed by atoms with E-state index < -0.39 is 30.1 Å². The van der Waals surface area contributed by atoms with Crippen LogP contribution in [0.25, 0.3) is 0 Å². The Kier molecular flexibility index (Phi) is 8.18. The van der Waals surface area contributed by atoms with Crippen molar-refractivity contribution >= 4 is 51.7 Å². The number of benzene rings is 3. The van der Waals surface area contributed by atoms with E-state index in [0.29, 0.717) is 16.9 Å². The fourth-order valence-electron chi connectivity index (χ4n) is 2.86. The molecule has 0 aliphatic carbocycles. The Labute approximate surface area is 206 Å². The van der Waals surface area contributed by atoms with E-state index in [0.717, 1.165) is 9.13 Å². The molecule has 0 aliphatic rings. The smallest absolute Gasteiger partial charge is 0.277 e. The maximum Gasteiger partial charge on any atom is 0.277 e. The number of halogens is 1. The van der Waals surface area contributed by atoms with Gasteiger partial charge in [-0.25, -0.2) is 0 Å². The van der Waals surface area contributed by atoms with Crippen LogP contribution in [-0.2, 0) is 14.3 Å². The van der Waals surface area contributed by atoms with Crippen LogP contribution >= 0.6 is 22.6 Å². The van der Waals surface area contributed by atoms with Crippen molar-refractivity contribution in [2.45, 2.75) is 19.6 Å². The van der Waals surface area contributed by atoms with Crippen molar-refractivity contribution in [3.05, 3.63) is 93.6 Å². The molecule has 0 saturated heterocycles. The topological polar surface area (TPSA) is 96.5 Å². The van der Waals surface area contributed by atoms with E-state index in [1.807, 2.05) is 31.2 Å². The highest BCUT2D eigenvalue weighted by molar-refractivity contribution is 14.1. The molecule has 170 valence electrons. The number of carbonyl (C=O) groups excluding carboxylic acids is 3. The van der Waals surface area contributed by atoms with Crippen LogP contribution in [0.3, 0.4) is 0 Å². The predicted octanol–water partition coefficient (Wildman–Crippen LogP) is 4.34. The SMILES string of the molecule is Cc1ccc(NC(=O)[C@](C)(NC(=O)c2ccccc2)OCC(=O)Nc2ccc(I)cc2)cc1. The summed E-state index contributed by atoms with van der Waals surface area (Å²) in [7, 11) is 0. The van der Waals surface area contributed by atoms with Crippen molar-refractivity contribution in [2.75, 3.05) is 17.2 Å². The third kappa shape index (κ3) is 7.13. The van der Waals surface area contributed by atoms with Crippen LogP contribution < -0.4 is 16.0 Å². The molecule has 0 radical (unpaired) electrons. The molecule has 0 bridgehead atoms. The van der Waals surface area contributed by atoms with Gasteiger partial charge in [-0.15, -0.1) is 0 Å². The summed E-state index contributed by atoms with van der Waals surface area (Å²) in [4.78, 5) is 38.3. The van der Waals surface area contributed by atoms with Crippen LogP contribution in [0.5, 0.6) is 0 Å². The second-order valence-corrected chi connectivity index (χ2v) is 8.76. The number of hydrogen-bond acceptors (Lipinski definition) is 4.